The smallest absolute Gasteiger partial charge is 0.305 e. The van der Waals surface area contributed by atoms with Crippen molar-refractivity contribution < 1.29 is 18.8 Å². The number of nitrogens with zero attached hydrogens (tertiary/aromatic N) is 1. The van der Waals surface area contributed by atoms with Gasteiger partial charge in [0.15, 0.2) is 6.10 Å². The molecule has 0 heterocycles. The first-order valence-corrected chi connectivity index (χ1v) is 5.34. The van der Waals surface area contributed by atoms with E-state index >= 15 is 0 Å². The van der Waals surface area contributed by atoms with E-state index in [1.165, 1.54) is 13.0 Å². The van der Waals surface area contributed by atoms with E-state index in [2.05, 4.69) is 5.32 Å². The summed E-state index contributed by atoms with van der Waals surface area (Å²) in [5.41, 5.74) is -0.631. The van der Waals surface area contributed by atoms with Gasteiger partial charge in [-0.3, -0.25) is 14.9 Å². The van der Waals surface area contributed by atoms with Gasteiger partial charge in [0.25, 0.3) is 5.91 Å². The molecular formula is C11H13FN2O4. The third kappa shape index (κ3) is 3.41. The summed E-state index contributed by atoms with van der Waals surface area (Å²) >= 11 is 0. The van der Waals surface area contributed by atoms with Gasteiger partial charge in [-0.05, 0) is 19.9 Å². The molecule has 1 amide bonds. The van der Waals surface area contributed by atoms with Crippen LogP contribution in [-0.4, -0.2) is 23.5 Å². The molecule has 0 bridgehead atoms. The third-order valence-corrected chi connectivity index (χ3v) is 2.15. The minimum Gasteiger partial charge on any atom is -0.481 e. The molecule has 18 heavy (non-hydrogen) atoms. The zero-order chi connectivity index (χ0) is 13.7. The molecule has 1 atom stereocenters. The molecule has 0 aliphatic heterocycles. The Morgan fingerprint density at radius 3 is 2.78 bits per heavy atom. The minimum absolute atomic E-state index is 0.0665. The molecule has 0 radical (unpaired) electrons. The standard InChI is InChI=1S/C11H13FN2O4/c1-3-13-11(15)7(2)18-8-4-5-10(14(16)17)9(12)6-8/h4-7H,3H2,1-2H3,(H,13,15). The summed E-state index contributed by atoms with van der Waals surface area (Å²) in [6, 6.07) is 3.12. The molecule has 98 valence electrons. The number of amides is 1. The van der Waals surface area contributed by atoms with Crippen molar-refractivity contribution in [3.05, 3.63) is 34.1 Å². The topological polar surface area (TPSA) is 81.5 Å². The minimum atomic E-state index is -0.999. The van der Waals surface area contributed by atoms with Crippen LogP contribution in [0.1, 0.15) is 13.8 Å². The summed E-state index contributed by atoms with van der Waals surface area (Å²) in [4.78, 5) is 21.0. The van der Waals surface area contributed by atoms with Crippen molar-refractivity contribution in [3.63, 3.8) is 0 Å². The summed E-state index contributed by atoms with van der Waals surface area (Å²) in [6.45, 7) is 3.72. The number of halogens is 1. The van der Waals surface area contributed by atoms with Crippen molar-refractivity contribution in [2.24, 2.45) is 0 Å². The predicted molar refractivity (Wildman–Crippen MR) is 61.8 cm³/mol. The number of hydrogen-bond acceptors (Lipinski definition) is 4. The molecule has 1 unspecified atom stereocenters. The summed E-state index contributed by atoms with van der Waals surface area (Å²) in [7, 11) is 0. The molecule has 0 aliphatic rings. The van der Waals surface area contributed by atoms with Crippen molar-refractivity contribution in [2.75, 3.05) is 6.54 Å². The molecule has 7 heteroatoms. The van der Waals surface area contributed by atoms with Crippen molar-refractivity contribution in [3.8, 4) is 5.75 Å². The second kappa shape index (κ2) is 5.95. The zero-order valence-electron chi connectivity index (χ0n) is 9.97. The number of hydrogen-bond donors (Lipinski definition) is 1. The lowest BCUT2D eigenvalue weighted by molar-refractivity contribution is -0.387. The first-order chi connectivity index (χ1) is 8.45. The van der Waals surface area contributed by atoms with Crippen LogP contribution in [-0.2, 0) is 4.79 Å². The molecule has 1 rings (SSSR count). The summed E-state index contributed by atoms with van der Waals surface area (Å²) in [5, 5.41) is 13.0. The van der Waals surface area contributed by atoms with Crippen molar-refractivity contribution in [1.29, 1.82) is 0 Å². The molecule has 0 saturated carbocycles. The van der Waals surface area contributed by atoms with Gasteiger partial charge in [-0.15, -0.1) is 0 Å². The molecule has 0 saturated heterocycles. The van der Waals surface area contributed by atoms with Crippen LogP contribution in [0, 0.1) is 15.9 Å². The molecule has 1 N–H and O–H groups in total. The molecule has 6 nitrogen and oxygen atoms in total. The number of carbonyl (C=O) groups is 1. The van der Waals surface area contributed by atoms with Crippen molar-refractivity contribution in [2.45, 2.75) is 20.0 Å². The number of ether oxygens (including phenoxy) is 1. The number of carbonyl (C=O) groups excluding carboxylic acids is 1. The van der Waals surface area contributed by atoms with Crippen LogP contribution >= 0.6 is 0 Å². The van der Waals surface area contributed by atoms with E-state index in [0.29, 0.717) is 6.54 Å². The second-order valence-corrected chi connectivity index (χ2v) is 3.52. The average molecular weight is 256 g/mol. The highest BCUT2D eigenvalue weighted by Crippen LogP contribution is 2.22. The van der Waals surface area contributed by atoms with Crippen LogP contribution < -0.4 is 10.1 Å². The van der Waals surface area contributed by atoms with Gasteiger partial charge < -0.3 is 10.1 Å². The average Bonchev–Trinajstić information content (AvgIpc) is 2.28. The highest BCUT2D eigenvalue weighted by molar-refractivity contribution is 5.80. The lowest BCUT2D eigenvalue weighted by Gasteiger charge is -2.13. The molecule has 0 fully saturated rings. The molecule has 0 aromatic heterocycles. The van der Waals surface area contributed by atoms with E-state index < -0.39 is 22.5 Å². The Kier molecular flexibility index (Phi) is 4.59. The van der Waals surface area contributed by atoms with Crippen molar-refractivity contribution >= 4 is 11.6 Å². The Hall–Kier alpha value is -2.18. The fourth-order valence-electron chi connectivity index (χ4n) is 1.28. The number of nitrogens with one attached hydrogen (secondary N) is 1. The van der Waals surface area contributed by atoms with Gasteiger partial charge in [0.1, 0.15) is 5.75 Å². The molecule has 0 spiro atoms. The number of rotatable bonds is 5. The van der Waals surface area contributed by atoms with E-state index in [-0.39, 0.29) is 11.7 Å². The fourth-order valence-corrected chi connectivity index (χ4v) is 1.28. The Morgan fingerprint density at radius 2 is 2.28 bits per heavy atom. The second-order valence-electron chi connectivity index (χ2n) is 3.52. The van der Waals surface area contributed by atoms with Crippen LogP contribution in [0.3, 0.4) is 0 Å². The largest absolute Gasteiger partial charge is 0.481 e. The highest BCUT2D eigenvalue weighted by Gasteiger charge is 2.17. The maximum atomic E-state index is 13.3. The van der Waals surface area contributed by atoms with Crippen LogP contribution in [0.25, 0.3) is 0 Å². The monoisotopic (exact) mass is 256 g/mol. The Labute approximate surface area is 103 Å². The maximum absolute atomic E-state index is 13.3. The maximum Gasteiger partial charge on any atom is 0.305 e. The Bertz CT molecular complexity index is 464. The van der Waals surface area contributed by atoms with Gasteiger partial charge in [-0.25, -0.2) is 0 Å². The van der Waals surface area contributed by atoms with E-state index in [1.807, 2.05) is 0 Å². The number of nitro groups is 1. The molecule has 1 aromatic rings. The van der Waals surface area contributed by atoms with E-state index in [0.717, 1.165) is 12.1 Å². The first-order valence-electron chi connectivity index (χ1n) is 5.34. The zero-order valence-corrected chi connectivity index (χ0v) is 9.97. The van der Waals surface area contributed by atoms with E-state index in [1.54, 1.807) is 6.92 Å². The van der Waals surface area contributed by atoms with Crippen LogP contribution in [0.15, 0.2) is 18.2 Å². The van der Waals surface area contributed by atoms with Crippen LogP contribution in [0.5, 0.6) is 5.75 Å². The summed E-state index contributed by atoms with van der Waals surface area (Å²) in [6.07, 6.45) is -0.800. The van der Waals surface area contributed by atoms with Gasteiger partial charge in [0.2, 0.25) is 5.82 Å². The molecular weight excluding hydrogens is 243 g/mol. The summed E-state index contributed by atoms with van der Waals surface area (Å²) < 4.78 is 18.4. The quantitative estimate of drug-likeness (QED) is 0.641. The van der Waals surface area contributed by atoms with Gasteiger partial charge in [-0.1, -0.05) is 0 Å². The summed E-state index contributed by atoms with van der Waals surface area (Å²) in [5.74, 6) is -1.27. The Morgan fingerprint density at radius 1 is 1.61 bits per heavy atom. The molecule has 0 aliphatic carbocycles. The lowest BCUT2D eigenvalue weighted by atomic mass is 10.3. The number of nitro benzene ring substituents is 1. The Balaban J connectivity index is 2.77. The van der Waals surface area contributed by atoms with Crippen LogP contribution in [0.4, 0.5) is 10.1 Å². The van der Waals surface area contributed by atoms with Gasteiger partial charge >= 0.3 is 5.69 Å². The normalized spacial score (nSPS) is 11.7. The number of benzene rings is 1. The van der Waals surface area contributed by atoms with Crippen molar-refractivity contribution in [1.82, 2.24) is 5.32 Å². The predicted octanol–water partition coefficient (Wildman–Crippen LogP) is 1.64. The number of likely N-dealkylation sites (N-methyl/N-ethyl adjacent to an activating group) is 1. The molecule has 1 aromatic carbocycles. The highest BCUT2D eigenvalue weighted by atomic mass is 19.1. The third-order valence-electron chi connectivity index (χ3n) is 2.15. The SMILES string of the molecule is CCNC(=O)C(C)Oc1ccc([N+](=O)[O-])c(F)c1. The fraction of sp³-hybridized carbons (Fsp3) is 0.364. The lowest BCUT2D eigenvalue weighted by Crippen LogP contribution is -2.36. The first kappa shape index (κ1) is 13.9. The van der Waals surface area contributed by atoms with Gasteiger partial charge in [0, 0.05) is 18.7 Å². The van der Waals surface area contributed by atoms with E-state index in [9.17, 15) is 19.3 Å². The van der Waals surface area contributed by atoms with Gasteiger partial charge in [-0.2, -0.15) is 4.39 Å². The van der Waals surface area contributed by atoms with Crippen LogP contribution in [0.2, 0.25) is 0 Å². The van der Waals surface area contributed by atoms with Gasteiger partial charge in [0.05, 0.1) is 4.92 Å². The van der Waals surface area contributed by atoms with E-state index in [4.69, 9.17) is 4.74 Å².